The van der Waals surface area contributed by atoms with Crippen LogP contribution in [0.25, 0.3) is 0 Å². The molecule has 2 nitrogen and oxygen atoms in total. The number of hydrogen-bond donors (Lipinski definition) is 1. The Bertz CT molecular complexity index is 668. The topological polar surface area (TPSA) is 37.3 Å². The second-order valence-corrected chi connectivity index (χ2v) is 6.54. The molecule has 1 fully saturated rings. The predicted octanol–water partition coefficient (Wildman–Crippen LogP) is 4.81. The minimum absolute atomic E-state index is 0.0416. The predicted molar refractivity (Wildman–Crippen MR) is 86.4 cm³/mol. The molecule has 0 heterocycles. The molecule has 1 aliphatic carbocycles. The molecule has 3 rings (SSSR count). The van der Waals surface area contributed by atoms with Gasteiger partial charge in [-0.25, -0.2) is 0 Å². The fraction of sp³-hybridized carbons (Fsp3) is 0.278. The molecule has 0 aromatic heterocycles. The number of aliphatic carboxylic acids is 1. The van der Waals surface area contributed by atoms with Gasteiger partial charge in [0, 0.05) is 16.3 Å². The molecule has 21 heavy (non-hydrogen) atoms. The molecule has 1 saturated carbocycles. The van der Waals surface area contributed by atoms with Gasteiger partial charge in [0.25, 0.3) is 0 Å². The van der Waals surface area contributed by atoms with Crippen LogP contribution < -0.4 is 0 Å². The second kappa shape index (κ2) is 5.30. The van der Waals surface area contributed by atoms with Crippen molar-refractivity contribution in [3.05, 3.63) is 70.2 Å². The fourth-order valence-electron chi connectivity index (χ4n) is 3.64. The highest BCUT2D eigenvalue weighted by molar-refractivity contribution is 9.10. The SMILES string of the molecule is CC[C@@]1(C(=O)O)[C@@H](c2ccccc2)[C@@H]1c1cccc(Br)c1. The van der Waals surface area contributed by atoms with E-state index < -0.39 is 11.4 Å². The number of hydrogen-bond acceptors (Lipinski definition) is 1. The number of carboxylic acid groups (broad SMARTS) is 1. The summed E-state index contributed by atoms with van der Waals surface area (Å²) in [6.07, 6.45) is 0.638. The highest BCUT2D eigenvalue weighted by atomic mass is 79.9. The number of halogens is 1. The summed E-state index contributed by atoms with van der Waals surface area (Å²) in [5.74, 6) is -0.598. The van der Waals surface area contributed by atoms with Gasteiger partial charge >= 0.3 is 5.97 Å². The van der Waals surface area contributed by atoms with Gasteiger partial charge < -0.3 is 5.11 Å². The van der Waals surface area contributed by atoms with Crippen molar-refractivity contribution in [2.75, 3.05) is 0 Å². The lowest BCUT2D eigenvalue weighted by molar-refractivity contribution is -0.143. The first-order chi connectivity index (χ1) is 10.1. The first kappa shape index (κ1) is 14.3. The van der Waals surface area contributed by atoms with Crippen LogP contribution in [0.3, 0.4) is 0 Å². The Balaban J connectivity index is 2.07. The third kappa shape index (κ3) is 2.20. The van der Waals surface area contributed by atoms with E-state index in [9.17, 15) is 9.90 Å². The third-order valence-electron chi connectivity index (χ3n) is 4.68. The zero-order chi connectivity index (χ0) is 15.0. The smallest absolute Gasteiger partial charge is 0.310 e. The molecule has 3 heteroatoms. The molecule has 0 saturated heterocycles. The van der Waals surface area contributed by atoms with Gasteiger partial charge in [-0.2, -0.15) is 0 Å². The van der Waals surface area contributed by atoms with E-state index in [1.165, 1.54) is 0 Å². The molecule has 0 bridgehead atoms. The maximum Gasteiger partial charge on any atom is 0.310 e. The third-order valence-corrected chi connectivity index (χ3v) is 5.18. The van der Waals surface area contributed by atoms with E-state index in [0.717, 1.165) is 15.6 Å². The maximum absolute atomic E-state index is 12.0. The average molecular weight is 345 g/mol. The molecule has 0 amide bonds. The van der Waals surface area contributed by atoms with Crippen LogP contribution in [-0.4, -0.2) is 11.1 Å². The van der Waals surface area contributed by atoms with Gasteiger partial charge in [0.2, 0.25) is 0 Å². The summed E-state index contributed by atoms with van der Waals surface area (Å²) in [6.45, 7) is 1.97. The van der Waals surface area contributed by atoms with E-state index in [4.69, 9.17) is 0 Å². The maximum atomic E-state index is 12.0. The molecule has 2 aromatic rings. The Morgan fingerprint density at radius 3 is 2.29 bits per heavy atom. The van der Waals surface area contributed by atoms with Gasteiger partial charge in [0.05, 0.1) is 5.41 Å². The van der Waals surface area contributed by atoms with E-state index >= 15 is 0 Å². The van der Waals surface area contributed by atoms with Gasteiger partial charge in [-0.05, 0) is 29.7 Å². The van der Waals surface area contributed by atoms with Gasteiger partial charge in [-0.3, -0.25) is 4.79 Å². The van der Waals surface area contributed by atoms with Crippen LogP contribution in [0.15, 0.2) is 59.1 Å². The summed E-state index contributed by atoms with van der Waals surface area (Å²) in [5.41, 5.74) is 1.54. The molecule has 3 atom stereocenters. The molecular formula is C18H17BrO2. The van der Waals surface area contributed by atoms with Crippen molar-refractivity contribution in [1.29, 1.82) is 0 Å². The van der Waals surface area contributed by atoms with Crippen molar-refractivity contribution >= 4 is 21.9 Å². The monoisotopic (exact) mass is 344 g/mol. The Morgan fingerprint density at radius 2 is 1.71 bits per heavy atom. The number of carboxylic acids is 1. The van der Waals surface area contributed by atoms with Crippen molar-refractivity contribution < 1.29 is 9.90 Å². The standard InChI is InChI=1S/C18H17BrO2/c1-2-18(17(20)21)15(12-7-4-3-5-8-12)16(18)13-9-6-10-14(19)11-13/h3-11,15-16H,2H2,1H3,(H,20,21)/t15-,16-,18+/m0/s1. The van der Waals surface area contributed by atoms with Crippen LogP contribution in [0.5, 0.6) is 0 Å². The number of carbonyl (C=O) groups is 1. The largest absolute Gasteiger partial charge is 0.481 e. The summed E-state index contributed by atoms with van der Waals surface area (Å²) in [5, 5.41) is 9.82. The summed E-state index contributed by atoms with van der Waals surface area (Å²) >= 11 is 3.48. The van der Waals surface area contributed by atoms with Gasteiger partial charge in [-0.15, -0.1) is 0 Å². The molecule has 1 aliphatic rings. The Labute approximate surface area is 132 Å². The Kier molecular flexibility index (Phi) is 3.62. The minimum atomic E-state index is -0.691. The van der Waals surface area contributed by atoms with Crippen LogP contribution in [0.1, 0.15) is 36.3 Å². The van der Waals surface area contributed by atoms with Gasteiger partial charge in [-0.1, -0.05) is 65.3 Å². The van der Waals surface area contributed by atoms with Crippen LogP contribution >= 0.6 is 15.9 Å². The Hall–Kier alpha value is -1.61. The minimum Gasteiger partial charge on any atom is -0.481 e. The van der Waals surface area contributed by atoms with E-state index in [1.807, 2.05) is 61.5 Å². The number of rotatable bonds is 4. The van der Waals surface area contributed by atoms with Crippen LogP contribution in [0, 0.1) is 5.41 Å². The van der Waals surface area contributed by atoms with Crippen molar-refractivity contribution in [1.82, 2.24) is 0 Å². The second-order valence-electron chi connectivity index (χ2n) is 5.62. The number of benzene rings is 2. The van der Waals surface area contributed by atoms with Crippen molar-refractivity contribution in [3.63, 3.8) is 0 Å². The molecule has 108 valence electrons. The molecule has 0 aliphatic heterocycles. The molecule has 2 aromatic carbocycles. The zero-order valence-corrected chi connectivity index (χ0v) is 13.4. The summed E-state index contributed by atoms with van der Waals surface area (Å²) < 4.78 is 0.995. The lowest BCUT2D eigenvalue weighted by atomic mass is 9.94. The fourth-order valence-corrected chi connectivity index (χ4v) is 4.05. The van der Waals surface area contributed by atoms with Crippen LogP contribution in [-0.2, 0) is 4.79 Å². The Morgan fingerprint density at radius 1 is 1.10 bits per heavy atom. The normalized spacial score (nSPS) is 27.3. The van der Waals surface area contributed by atoms with Crippen molar-refractivity contribution in [2.24, 2.45) is 5.41 Å². The summed E-state index contributed by atoms with van der Waals surface area (Å²) in [4.78, 5) is 12.0. The summed E-state index contributed by atoms with van der Waals surface area (Å²) in [6, 6.07) is 18.0. The molecule has 1 N–H and O–H groups in total. The van der Waals surface area contributed by atoms with E-state index in [2.05, 4.69) is 15.9 Å². The first-order valence-corrected chi connectivity index (χ1v) is 7.94. The molecule has 0 unspecified atom stereocenters. The summed E-state index contributed by atoms with van der Waals surface area (Å²) in [7, 11) is 0. The first-order valence-electron chi connectivity index (χ1n) is 7.15. The van der Waals surface area contributed by atoms with E-state index in [-0.39, 0.29) is 11.8 Å². The lowest BCUT2D eigenvalue weighted by Gasteiger charge is -2.10. The molecular weight excluding hydrogens is 328 g/mol. The molecule has 0 spiro atoms. The van der Waals surface area contributed by atoms with E-state index in [1.54, 1.807) is 0 Å². The van der Waals surface area contributed by atoms with Crippen molar-refractivity contribution in [2.45, 2.75) is 25.2 Å². The molecule has 0 radical (unpaired) electrons. The zero-order valence-electron chi connectivity index (χ0n) is 11.8. The van der Waals surface area contributed by atoms with Crippen molar-refractivity contribution in [3.8, 4) is 0 Å². The van der Waals surface area contributed by atoms with Gasteiger partial charge in [0.1, 0.15) is 0 Å². The highest BCUT2D eigenvalue weighted by Crippen LogP contribution is 2.72. The quantitative estimate of drug-likeness (QED) is 0.863. The highest BCUT2D eigenvalue weighted by Gasteiger charge is 2.69. The van der Waals surface area contributed by atoms with E-state index in [0.29, 0.717) is 6.42 Å². The lowest BCUT2D eigenvalue weighted by Crippen LogP contribution is -2.17. The van der Waals surface area contributed by atoms with Crippen LogP contribution in [0.2, 0.25) is 0 Å². The average Bonchev–Trinajstić information content (AvgIpc) is 3.19. The van der Waals surface area contributed by atoms with Gasteiger partial charge in [0.15, 0.2) is 0 Å². The van der Waals surface area contributed by atoms with Crippen LogP contribution in [0.4, 0.5) is 0 Å².